The van der Waals surface area contributed by atoms with Gasteiger partial charge >= 0.3 is 0 Å². The number of fused-ring (bicyclic) bond motifs is 1. The highest BCUT2D eigenvalue weighted by atomic mass is 16.5. The molecule has 4 aromatic rings. The minimum Gasteiger partial charge on any atom is -0.493 e. The summed E-state index contributed by atoms with van der Waals surface area (Å²) in [6, 6.07) is 24.1. The second kappa shape index (κ2) is 11.0. The van der Waals surface area contributed by atoms with E-state index in [2.05, 4.69) is 4.98 Å². The SMILES string of the molecule is COc1ccc([C@@]2(Cc3ccncc3)C(=O)c3ccc(OCc4ccccc4)cc3C2=O)cc1OC1CCCC1. The fraction of sp³-hybridized carbons (Fsp3) is 0.265. The van der Waals surface area contributed by atoms with Gasteiger partial charge in [-0.25, -0.2) is 0 Å². The van der Waals surface area contributed by atoms with Gasteiger partial charge in [0.05, 0.1) is 13.2 Å². The van der Waals surface area contributed by atoms with E-state index in [0.29, 0.717) is 40.5 Å². The van der Waals surface area contributed by atoms with Crippen molar-refractivity contribution in [3.8, 4) is 17.2 Å². The smallest absolute Gasteiger partial charge is 0.182 e. The van der Waals surface area contributed by atoms with Crippen LogP contribution in [0.5, 0.6) is 17.2 Å². The zero-order valence-electron chi connectivity index (χ0n) is 22.5. The predicted octanol–water partition coefficient (Wildman–Crippen LogP) is 6.55. The summed E-state index contributed by atoms with van der Waals surface area (Å²) < 4.78 is 18.0. The van der Waals surface area contributed by atoms with Gasteiger partial charge in [-0.2, -0.15) is 0 Å². The molecule has 0 amide bonds. The van der Waals surface area contributed by atoms with Crippen LogP contribution in [-0.4, -0.2) is 29.8 Å². The van der Waals surface area contributed by atoms with Gasteiger partial charge in [0, 0.05) is 23.5 Å². The van der Waals surface area contributed by atoms with E-state index in [1.54, 1.807) is 43.8 Å². The highest BCUT2D eigenvalue weighted by Crippen LogP contribution is 2.46. The number of carbonyl (C=O) groups is 2. The molecule has 1 aromatic heterocycles. The van der Waals surface area contributed by atoms with E-state index < -0.39 is 5.41 Å². The minimum absolute atomic E-state index is 0.0943. The first-order valence-corrected chi connectivity index (χ1v) is 13.7. The molecule has 1 heterocycles. The Labute approximate surface area is 233 Å². The topological polar surface area (TPSA) is 74.7 Å². The van der Waals surface area contributed by atoms with Gasteiger partial charge in [0.25, 0.3) is 0 Å². The van der Waals surface area contributed by atoms with Crippen molar-refractivity contribution in [1.82, 2.24) is 4.98 Å². The average Bonchev–Trinajstić information content (AvgIpc) is 3.58. The Hall–Kier alpha value is -4.45. The van der Waals surface area contributed by atoms with Crippen molar-refractivity contribution in [2.24, 2.45) is 0 Å². The van der Waals surface area contributed by atoms with Crippen LogP contribution < -0.4 is 14.2 Å². The van der Waals surface area contributed by atoms with Crippen molar-refractivity contribution < 1.29 is 23.8 Å². The summed E-state index contributed by atoms with van der Waals surface area (Å²) in [6.45, 7) is 0.365. The first-order chi connectivity index (χ1) is 19.6. The highest BCUT2D eigenvalue weighted by Gasteiger charge is 2.54. The van der Waals surface area contributed by atoms with Crippen LogP contribution in [0.25, 0.3) is 0 Å². The van der Waals surface area contributed by atoms with Crippen molar-refractivity contribution in [1.29, 1.82) is 0 Å². The number of hydrogen-bond donors (Lipinski definition) is 0. The lowest BCUT2D eigenvalue weighted by molar-refractivity contribution is 0.0792. The number of pyridine rings is 1. The third-order valence-corrected chi connectivity index (χ3v) is 7.97. The number of nitrogens with zero attached hydrogens (tertiary/aromatic N) is 1. The Morgan fingerprint density at radius 2 is 1.55 bits per heavy atom. The van der Waals surface area contributed by atoms with Crippen LogP contribution in [0, 0.1) is 0 Å². The third-order valence-electron chi connectivity index (χ3n) is 7.97. The normalized spacial score (nSPS) is 18.5. The fourth-order valence-corrected chi connectivity index (χ4v) is 5.85. The van der Waals surface area contributed by atoms with Crippen molar-refractivity contribution in [2.45, 2.75) is 50.2 Å². The Balaban J connectivity index is 1.40. The van der Waals surface area contributed by atoms with Crippen molar-refractivity contribution in [3.05, 3.63) is 119 Å². The molecule has 6 heteroatoms. The molecule has 0 aliphatic heterocycles. The van der Waals surface area contributed by atoms with Gasteiger partial charge in [-0.15, -0.1) is 0 Å². The molecule has 1 fully saturated rings. The molecule has 0 saturated heterocycles. The number of rotatable bonds is 9. The van der Waals surface area contributed by atoms with Crippen LogP contribution in [0.2, 0.25) is 0 Å². The van der Waals surface area contributed by atoms with E-state index in [0.717, 1.165) is 36.8 Å². The summed E-state index contributed by atoms with van der Waals surface area (Å²) in [5.41, 5.74) is 1.79. The number of ether oxygens (including phenoxy) is 3. The van der Waals surface area contributed by atoms with Gasteiger partial charge in [-0.1, -0.05) is 36.4 Å². The van der Waals surface area contributed by atoms with Crippen LogP contribution in [0.15, 0.2) is 91.3 Å². The molecule has 0 N–H and O–H groups in total. The van der Waals surface area contributed by atoms with Gasteiger partial charge in [-0.3, -0.25) is 14.6 Å². The Bertz CT molecular complexity index is 1530. The molecule has 6 rings (SSSR count). The molecular weight excluding hydrogens is 502 g/mol. The second-order valence-corrected chi connectivity index (χ2v) is 10.5. The Morgan fingerprint density at radius 3 is 2.30 bits per heavy atom. The van der Waals surface area contributed by atoms with E-state index >= 15 is 0 Å². The van der Waals surface area contributed by atoms with Crippen LogP contribution in [-0.2, 0) is 18.4 Å². The number of Topliss-reactive ketones (excluding diaryl/α,β-unsaturated/α-hetero) is 2. The minimum atomic E-state index is -1.44. The summed E-state index contributed by atoms with van der Waals surface area (Å²) >= 11 is 0. The Morgan fingerprint density at radius 1 is 0.800 bits per heavy atom. The molecule has 2 aliphatic carbocycles. The quantitative estimate of drug-likeness (QED) is 0.227. The summed E-state index contributed by atoms with van der Waals surface area (Å²) in [6.07, 6.45) is 7.86. The van der Waals surface area contributed by atoms with Crippen molar-refractivity contribution in [3.63, 3.8) is 0 Å². The number of benzene rings is 3. The van der Waals surface area contributed by atoms with Crippen molar-refractivity contribution in [2.75, 3.05) is 7.11 Å². The van der Waals surface area contributed by atoms with Gasteiger partial charge in [0.1, 0.15) is 17.8 Å². The van der Waals surface area contributed by atoms with Crippen molar-refractivity contribution >= 4 is 11.6 Å². The third kappa shape index (κ3) is 4.75. The van der Waals surface area contributed by atoms with E-state index in [4.69, 9.17) is 14.2 Å². The second-order valence-electron chi connectivity index (χ2n) is 10.5. The van der Waals surface area contributed by atoms with E-state index in [-0.39, 0.29) is 24.1 Å². The summed E-state index contributed by atoms with van der Waals surface area (Å²) in [5.74, 6) is 1.22. The van der Waals surface area contributed by atoms with Gasteiger partial charge in [-0.05, 0) is 91.3 Å². The summed E-state index contributed by atoms with van der Waals surface area (Å²) in [7, 11) is 1.60. The molecule has 202 valence electrons. The first-order valence-electron chi connectivity index (χ1n) is 13.7. The molecule has 3 aromatic carbocycles. The number of ketones is 2. The maximum Gasteiger partial charge on any atom is 0.182 e. The summed E-state index contributed by atoms with van der Waals surface area (Å²) in [5, 5.41) is 0. The first kappa shape index (κ1) is 25.8. The van der Waals surface area contributed by atoms with Gasteiger partial charge < -0.3 is 14.2 Å². The molecule has 0 radical (unpaired) electrons. The van der Waals surface area contributed by atoms with Gasteiger partial charge in [0.2, 0.25) is 0 Å². The van der Waals surface area contributed by atoms with Crippen LogP contribution in [0.4, 0.5) is 0 Å². The van der Waals surface area contributed by atoms with Crippen LogP contribution >= 0.6 is 0 Å². The molecule has 1 saturated carbocycles. The van der Waals surface area contributed by atoms with E-state index in [9.17, 15) is 9.59 Å². The lowest BCUT2D eigenvalue weighted by Crippen LogP contribution is -2.40. The van der Waals surface area contributed by atoms with Gasteiger partial charge in [0.15, 0.2) is 23.1 Å². The highest BCUT2D eigenvalue weighted by molar-refractivity contribution is 6.33. The Kier molecular flexibility index (Phi) is 7.08. The van der Waals surface area contributed by atoms with Crippen LogP contribution in [0.3, 0.4) is 0 Å². The molecule has 2 aliphatic rings. The molecule has 6 nitrogen and oxygen atoms in total. The maximum atomic E-state index is 14.4. The zero-order valence-corrected chi connectivity index (χ0v) is 22.5. The predicted molar refractivity (Wildman–Crippen MR) is 151 cm³/mol. The maximum absolute atomic E-state index is 14.4. The number of hydrogen-bond acceptors (Lipinski definition) is 6. The zero-order chi connectivity index (χ0) is 27.5. The number of methoxy groups -OCH3 is 1. The molecule has 0 unspecified atom stereocenters. The molecule has 40 heavy (non-hydrogen) atoms. The molecule has 1 atom stereocenters. The van der Waals surface area contributed by atoms with E-state index in [1.165, 1.54) is 0 Å². The molecule has 0 bridgehead atoms. The largest absolute Gasteiger partial charge is 0.493 e. The fourth-order valence-electron chi connectivity index (χ4n) is 5.85. The lowest BCUT2D eigenvalue weighted by atomic mass is 9.71. The van der Waals surface area contributed by atoms with Crippen LogP contribution in [0.1, 0.15) is 63.1 Å². The lowest BCUT2D eigenvalue weighted by Gasteiger charge is -2.28. The summed E-state index contributed by atoms with van der Waals surface area (Å²) in [4.78, 5) is 32.8. The molecule has 0 spiro atoms. The molecular formula is C34H31NO5. The number of carbonyl (C=O) groups excluding carboxylic acids is 2. The van der Waals surface area contributed by atoms with E-state index in [1.807, 2.05) is 54.6 Å². The number of aromatic nitrogens is 1. The standard InChI is InChI=1S/C34H31NO5/c1-38-30-14-11-25(19-31(30)40-26-9-5-6-10-26)34(21-23-15-17-35-18-16-23)32(36)28-13-12-27(20-29(28)33(34)37)39-22-24-7-3-2-4-8-24/h2-4,7-8,11-20,26H,5-6,9-10,21-22H2,1H3/t34-/m0/s1. The average molecular weight is 534 g/mol. The monoisotopic (exact) mass is 533 g/mol.